The lowest BCUT2D eigenvalue weighted by Gasteiger charge is -2.38. The number of piperazine rings is 1. The fraction of sp³-hybridized carbons (Fsp3) is 0.400. The van der Waals surface area contributed by atoms with E-state index >= 15 is 0 Å². The maximum atomic E-state index is 14.6. The summed E-state index contributed by atoms with van der Waals surface area (Å²) in [6, 6.07) is 4.67. The van der Waals surface area contributed by atoms with Gasteiger partial charge in [-0.05, 0) is 32.9 Å². The van der Waals surface area contributed by atoms with Crippen LogP contribution in [0.4, 0.5) is 28.9 Å². The molecule has 4 aromatic rings. The molecule has 2 N–H and O–H groups in total. The third-order valence-corrected chi connectivity index (χ3v) is 6.18. The number of aromatic nitrogens is 5. The van der Waals surface area contributed by atoms with Crippen LogP contribution < -0.4 is 20.3 Å². The van der Waals surface area contributed by atoms with Crippen molar-refractivity contribution in [2.24, 2.45) is 0 Å². The maximum Gasteiger partial charge on any atom is 0.522 e. The summed E-state index contributed by atoms with van der Waals surface area (Å²) in [6.07, 6.45) is -1.89. The molecule has 11 nitrogen and oxygen atoms in total. The minimum Gasteiger partial charge on any atom is -0.461 e. The molecule has 0 radical (unpaired) electrons. The van der Waals surface area contributed by atoms with Crippen molar-refractivity contribution in [3.63, 3.8) is 0 Å². The van der Waals surface area contributed by atoms with Crippen LogP contribution in [0.1, 0.15) is 30.0 Å². The van der Waals surface area contributed by atoms with E-state index in [0.29, 0.717) is 24.3 Å². The van der Waals surface area contributed by atoms with E-state index in [0.717, 1.165) is 11.8 Å². The highest BCUT2D eigenvalue weighted by atomic mass is 19.4. The van der Waals surface area contributed by atoms with Gasteiger partial charge in [-0.25, -0.2) is 18.9 Å². The number of pyridine rings is 1. The number of hydrogen-bond acceptors (Lipinski definition) is 9. The van der Waals surface area contributed by atoms with Crippen molar-refractivity contribution in [3.8, 4) is 6.01 Å². The number of halogens is 4. The molecule has 0 spiro atoms. The van der Waals surface area contributed by atoms with Crippen LogP contribution in [-0.2, 0) is 4.74 Å². The fourth-order valence-corrected chi connectivity index (χ4v) is 4.75. The van der Waals surface area contributed by atoms with E-state index in [1.54, 1.807) is 19.1 Å². The molecule has 1 fully saturated rings. The lowest BCUT2D eigenvalue weighted by atomic mass is 10.0. The van der Waals surface area contributed by atoms with Gasteiger partial charge >= 0.3 is 12.4 Å². The molecule has 0 aliphatic carbocycles. The summed E-state index contributed by atoms with van der Waals surface area (Å²) in [7, 11) is 0. The van der Waals surface area contributed by atoms with Crippen LogP contribution in [0.15, 0.2) is 30.6 Å². The number of hydrogen-bond donors (Lipinski definition) is 2. The second-order valence-electron chi connectivity index (χ2n) is 9.52. The van der Waals surface area contributed by atoms with Gasteiger partial charge in [0.05, 0.1) is 29.6 Å². The number of anilines is 2. The van der Waals surface area contributed by atoms with E-state index in [9.17, 15) is 22.4 Å². The number of benzene rings is 1. The molecule has 4 heterocycles. The molecule has 1 aromatic carbocycles. The van der Waals surface area contributed by atoms with E-state index in [2.05, 4.69) is 54.2 Å². The lowest BCUT2D eigenvalue weighted by molar-refractivity contribution is -0.325. The second kappa shape index (κ2) is 10.8. The predicted molar refractivity (Wildman–Crippen MR) is 137 cm³/mol. The number of alkyl halides is 3. The van der Waals surface area contributed by atoms with Gasteiger partial charge in [0.25, 0.3) is 5.91 Å². The van der Waals surface area contributed by atoms with Crippen molar-refractivity contribution >= 4 is 33.8 Å². The highest BCUT2D eigenvalue weighted by Gasteiger charge is 2.29. The predicted octanol–water partition coefficient (Wildman–Crippen LogP) is 3.47. The van der Waals surface area contributed by atoms with Gasteiger partial charge in [-0.1, -0.05) is 0 Å². The Hall–Kier alpha value is -4.11. The summed E-state index contributed by atoms with van der Waals surface area (Å²) >= 11 is 0. The number of nitrogens with zero attached hydrogens (tertiary/aromatic N) is 6. The number of aryl methyl sites for hydroxylation is 1. The Morgan fingerprint density at radius 1 is 1.18 bits per heavy atom. The molecule has 0 bridgehead atoms. The fourth-order valence-electron chi connectivity index (χ4n) is 4.75. The first-order chi connectivity index (χ1) is 19.0. The molecule has 0 unspecified atom stereocenters. The van der Waals surface area contributed by atoms with Gasteiger partial charge in [0.1, 0.15) is 12.4 Å². The van der Waals surface area contributed by atoms with Crippen molar-refractivity contribution in [3.05, 3.63) is 47.8 Å². The maximum absolute atomic E-state index is 14.6. The molecule has 3 aromatic heterocycles. The first-order valence-corrected chi connectivity index (χ1v) is 12.4. The summed E-state index contributed by atoms with van der Waals surface area (Å²) in [6.45, 7) is 5.89. The second-order valence-corrected chi connectivity index (χ2v) is 9.52. The third kappa shape index (κ3) is 6.04. The normalized spacial score (nSPS) is 17.9. The largest absolute Gasteiger partial charge is 0.522 e. The van der Waals surface area contributed by atoms with Gasteiger partial charge in [0.2, 0.25) is 0 Å². The highest BCUT2D eigenvalue weighted by molar-refractivity contribution is 6.13. The molecule has 40 heavy (non-hydrogen) atoms. The zero-order valence-corrected chi connectivity index (χ0v) is 21.8. The molecule has 2 atom stereocenters. The number of nitrogens with one attached hydrogen (secondary N) is 2. The van der Waals surface area contributed by atoms with Crippen LogP contribution in [0.25, 0.3) is 16.6 Å². The minimum absolute atomic E-state index is 0.0220. The van der Waals surface area contributed by atoms with Crippen LogP contribution in [0, 0.1) is 12.7 Å². The van der Waals surface area contributed by atoms with Gasteiger partial charge in [0, 0.05) is 48.5 Å². The van der Waals surface area contributed by atoms with Crippen molar-refractivity contribution in [2.75, 3.05) is 36.5 Å². The van der Waals surface area contributed by atoms with Gasteiger partial charge < -0.3 is 20.3 Å². The van der Waals surface area contributed by atoms with Gasteiger partial charge in [-0.2, -0.15) is 10.1 Å². The Kier molecular flexibility index (Phi) is 7.42. The first-order valence-electron chi connectivity index (χ1n) is 12.4. The molecule has 212 valence electrons. The molecule has 1 aliphatic heterocycles. The molecule has 15 heteroatoms. The Labute approximate surface area is 225 Å². The van der Waals surface area contributed by atoms with Crippen LogP contribution >= 0.6 is 0 Å². The van der Waals surface area contributed by atoms with Crippen LogP contribution in [0.5, 0.6) is 6.01 Å². The summed E-state index contributed by atoms with van der Waals surface area (Å²) in [5.41, 5.74) is 1.28. The number of carbonyl (C=O) groups is 1. The lowest BCUT2D eigenvalue weighted by Crippen LogP contribution is -2.54. The first kappa shape index (κ1) is 27.5. The average molecular weight is 563 g/mol. The van der Waals surface area contributed by atoms with Gasteiger partial charge in [-0.3, -0.25) is 9.53 Å². The minimum atomic E-state index is -4.79. The van der Waals surface area contributed by atoms with E-state index in [1.165, 1.54) is 16.9 Å². The topological polar surface area (TPSA) is 119 Å². The number of ether oxygens (including phenoxy) is 2. The Bertz CT molecular complexity index is 1550. The summed E-state index contributed by atoms with van der Waals surface area (Å²) in [4.78, 5) is 28.1. The van der Waals surface area contributed by atoms with Gasteiger partial charge in [-0.15, -0.1) is 13.2 Å². The van der Waals surface area contributed by atoms with E-state index < -0.39 is 31.3 Å². The number of rotatable bonds is 7. The molecule has 1 saturated heterocycles. The quantitative estimate of drug-likeness (QED) is 0.258. The molecule has 0 saturated carbocycles. The zero-order chi connectivity index (χ0) is 28.6. The molecular weight excluding hydrogens is 536 g/mol. The SMILES string of the molecule is Cc1nc2c(F)cc(NC(=O)c3ccc(N4C[C@@H](C)N[C@@H](C)C4)c4cnc(OCCOC(F)(F)F)nc34)cn2n1. The van der Waals surface area contributed by atoms with E-state index in [1.807, 2.05) is 0 Å². The van der Waals surface area contributed by atoms with Gasteiger partial charge in [0.15, 0.2) is 11.5 Å². The Morgan fingerprint density at radius 2 is 1.93 bits per heavy atom. The number of carbonyl (C=O) groups excluding carboxylic acids is 1. The summed E-state index contributed by atoms with van der Waals surface area (Å²) in [5.74, 6) is -0.899. The van der Waals surface area contributed by atoms with E-state index in [-0.39, 0.29) is 40.5 Å². The van der Waals surface area contributed by atoms with Crippen molar-refractivity contribution in [1.29, 1.82) is 0 Å². The van der Waals surface area contributed by atoms with Crippen LogP contribution in [0.3, 0.4) is 0 Å². The Morgan fingerprint density at radius 3 is 2.65 bits per heavy atom. The zero-order valence-electron chi connectivity index (χ0n) is 21.8. The summed E-state index contributed by atoms with van der Waals surface area (Å²) in [5, 5.41) is 10.7. The monoisotopic (exact) mass is 562 g/mol. The summed E-state index contributed by atoms with van der Waals surface area (Å²) < 4.78 is 61.7. The average Bonchev–Trinajstić information content (AvgIpc) is 3.25. The number of fused-ring (bicyclic) bond motifs is 2. The molecule has 5 rings (SSSR count). The highest BCUT2D eigenvalue weighted by Crippen LogP contribution is 2.31. The van der Waals surface area contributed by atoms with Crippen molar-refractivity contribution < 1.29 is 31.8 Å². The molecular formula is C25H26F4N8O3. The standard InChI is InChI=1S/C25H26F4N8O3/c1-13-10-36(11-14(2)31-13)20-5-4-17(21-18(20)9-30-24(34-21)39-6-7-40-25(27,28)29)23(38)33-16-8-19(26)22-32-15(3)35-37(22)12-16/h4-5,8-9,12-14,31H,6-7,10-11H2,1-3H3,(H,33,38)/t13-,14+. The van der Waals surface area contributed by atoms with Crippen molar-refractivity contribution in [1.82, 2.24) is 29.9 Å². The smallest absolute Gasteiger partial charge is 0.461 e. The third-order valence-electron chi connectivity index (χ3n) is 6.18. The van der Waals surface area contributed by atoms with Crippen LogP contribution in [0.2, 0.25) is 0 Å². The van der Waals surface area contributed by atoms with Crippen molar-refractivity contribution in [2.45, 2.75) is 39.2 Å². The van der Waals surface area contributed by atoms with Crippen LogP contribution in [-0.4, -0.2) is 75.2 Å². The number of amides is 1. The molecule has 1 amide bonds. The van der Waals surface area contributed by atoms with E-state index in [4.69, 9.17) is 4.74 Å². The Balaban J connectivity index is 1.48. The molecule has 1 aliphatic rings.